The van der Waals surface area contributed by atoms with Gasteiger partial charge >= 0.3 is 0 Å². The molecule has 2 heterocycles. The van der Waals surface area contributed by atoms with E-state index in [9.17, 15) is 9.59 Å². The van der Waals surface area contributed by atoms with Crippen LogP contribution in [0.2, 0.25) is 0 Å². The molecule has 9 nitrogen and oxygen atoms in total. The molecule has 1 aliphatic rings. The van der Waals surface area contributed by atoms with Gasteiger partial charge in [-0.3, -0.25) is 9.59 Å². The summed E-state index contributed by atoms with van der Waals surface area (Å²) in [6.07, 6.45) is 3.51. The maximum absolute atomic E-state index is 12.7. The number of hydrogen-bond donors (Lipinski definition) is 1. The Labute approximate surface area is 163 Å². The number of fused-ring (bicyclic) bond motifs is 1. The third-order valence-electron chi connectivity index (χ3n) is 4.31. The second-order valence-electron chi connectivity index (χ2n) is 6.92. The number of likely N-dealkylation sites (N-methyl/N-ethyl adjacent to an activating group) is 1. The Morgan fingerprint density at radius 1 is 1.29 bits per heavy atom. The van der Waals surface area contributed by atoms with E-state index >= 15 is 0 Å². The number of carbonyl (C=O) groups is 2. The Hall–Kier alpha value is -3.20. The van der Waals surface area contributed by atoms with E-state index in [4.69, 9.17) is 4.84 Å². The van der Waals surface area contributed by atoms with Crippen LogP contribution in [0.4, 0.5) is 11.5 Å². The Morgan fingerprint density at radius 2 is 2.07 bits per heavy atom. The average Bonchev–Trinajstić information content (AvgIpc) is 2.68. The predicted molar refractivity (Wildman–Crippen MR) is 105 cm³/mol. The number of hydroxylamine groups is 1. The van der Waals surface area contributed by atoms with E-state index in [1.807, 2.05) is 19.0 Å². The van der Waals surface area contributed by atoms with Crippen molar-refractivity contribution in [1.82, 2.24) is 19.8 Å². The lowest BCUT2D eigenvalue weighted by Gasteiger charge is -2.29. The van der Waals surface area contributed by atoms with Crippen LogP contribution in [0.25, 0.3) is 0 Å². The number of rotatable bonds is 6. The highest BCUT2D eigenvalue weighted by atomic mass is 16.7. The molecule has 0 radical (unpaired) electrons. The number of nitrogens with one attached hydrogen (secondary N) is 1. The minimum atomic E-state index is -0.273. The molecular formula is C19H24N6O3. The molecule has 0 unspecified atom stereocenters. The molecule has 148 valence electrons. The lowest BCUT2D eigenvalue weighted by molar-refractivity contribution is -0.121. The monoisotopic (exact) mass is 384 g/mol. The first-order valence-corrected chi connectivity index (χ1v) is 8.91. The summed E-state index contributed by atoms with van der Waals surface area (Å²) in [5.74, 6) is 0.587. The number of amides is 2. The normalized spacial score (nSPS) is 13.2. The molecule has 0 fully saturated rings. The first-order chi connectivity index (χ1) is 13.4. The van der Waals surface area contributed by atoms with Crippen molar-refractivity contribution < 1.29 is 14.4 Å². The quantitative estimate of drug-likeness (QED) is 0.796. The van der Waals surface area contributed by atoms with E-state index in [2.05, 4.69) is 15.3 Å². The summed E-state index contributed by atoms with van der Waals surface area (Å²) in [6.45, 7) is 0.788. The highest BCUT2D eigenvalue weighted by molar-refractivity contribution is 6.00. The summed E-state index contributed by atoms with van der Waals surface area (Å²) in [7, 11) is 7.34. The molecular weight excluding hydrogens is 360 g/mol. The number of hydrogen-bond acceptors (Lipinski definition) is 7. The summed E-state index contributed by atoms with van der Waals surface area (Å²) in [6, 6.07) is 5.29. The van der Waals surface area contributed by atoms with Gasteiger partial charge in [0, 0.05) is 31.8 Å². The number of benzene rings is 1. The predicted octanol–water partition coefficient (Wildman–Crippen LogP) is 1.03. The van der Waals surface area contributed by atoms with Crippen molar-refractivity contribution in [1.29, 1.82) is 0 Å². The summed E-state index contributed by atoms with van der Waals surface area (Å²) in [4.78, 5) is 42.8. The van der Waals surface area contributed by atoms with Crippen molar-refractivity contribution in [2.45, 2.75) is 6.42 Å². The summed E-state index contributed by atoms with van der Waals surface area (Å²) < 4.78 is 0. The number of nitrogens with zero attached hydrogens (tertiary/aromatic N) is 5. The van der Waals surface area contributed by atoms with Crippen molar-refractivity contribution in [3.63, 3.8) is 0 Å². The van der Waals surface area contributed by atoms with Gasteiger partial charge in [-0.15, -0.1) is 5.06 Å². The Bertz CT molecular complexity index is 884. The van der Waals surface area contributed by atoms with Gasteiger partial charge in [0.05, 0.1) is 12.7 Å². The molecule has 1 aromatic heterocycles. The lowest BCUT2D eigenvalue weighted by atomic mass is 10.0. The SMILES string of the molecule is CN(C)CCc1c(ON2C(=O)CNc3ncncc32)cccc1C(=O)N(C)C. The van der Waals surface area contributed by atoms with Crippen molar-refractivity contribution in [2.24, 2.45) is 0 Å². The summed E-state index contributed by atoms with van der Waals surface area (Å²) >= 11 is 0. The largest absolute Gasteiger partial charge is 0.371 e. The van der Waals surface area contributed by atoms with Gasteiger partial charge in [-0.05, 0) is 32.6 Å². The molecule has 0 bridgehead atoms. The second-order valence-corrected chi connectivity index (χ2v) is 6.92. The Balaban J connectivity index is 2.00. The van der Waals surface area contributed by atoms with Crippen molar-refractivity contribution >= 4 is 23.3 Å². The highest BCUT2D eigenvalue weighted by Crippen LogP contribution is 2.30. The third-order valence-corrected chi connectivity index (χ3v) is 4.31. The van der Waals surface area contributed by atoms with Gasteiger partial charge in [-0.1, -0.05) is 6.07 Å². The maximum atomic E-state index is 12.7. The van der Waals surface area contributed by atoms with Crippen LogP contribution in [-0.4, -0.2) is 72.9 Å². The van der Waals surface area contributed by atoms with Gasteiger partial charge in [0.1, 0.15) is 12.0 Å². The smallest absolute Gasteiger partial charge is 0.279 e. The van der Waals surface area contributed by atoms with Gasteiger partial charge in [0.25, 0.3) is 11.8 Å². The first-order valence-electron chi connectivity index (χ1n) is 8.91. The molecule has 0 saturated heterocycles. The van der Waals surface area contributed by atoms with E-state index in [1.54, 1.807) is 32.3 Å². The van der Waals surface area contributed by atoms with Crippen LogP contribution < -0.4 is 15.2 Å². The zero-order valence-electron chi connectivity index (χ0n) is 16.5. The van der Waals surface area contributed by atoms with Crippen LogP contribution in [0.3, 0.4) is 0 Å². The maximum Gasteiger partial charge on any atom is 0.279 e. The van der Waals surface area contributed by atoms with Gasteiger partial charge in [-0.2, -0.15) is 0 Å². The minimum absolute atomic E-state index is 0.0629. The van der Waals surface area contributed by atoms with E-state index in [0.717, 1.165) is 12.1 Å². The molecule has 28 heavy (non-hydrogen) atoms. The molecule has 0 saturated carbocycles. The van der Waals surface area contributed by atoms with E-state index in [1.165, 1.54) is 22.5 Å². The molecule has 0 spiro atoms. The number of carbonyl (C=O) groups excluding carboxylic acids is 2. The fourth-order valence-corrected chi connectivity index (χ4v) is 2.86. The van der Waals surface area contributed by atoms with Crippen molar-refractivity contribution in [3.05, 3.63) is 41.9 Å². The van der Waals surface area contributed by atoms with Gasteiger partial charge in [0.2, 0.25) is 0 Å². The lowest BCUT2D eigenvalue weighted by Crippen LogP contribution is -2.43. The van der Waals surface area contributed by atoms with Crippen molar-refractivity contribution in [2.75, 3.05) is 51.7 Å². The van der Waals surface area contributed by atoms with Gasteiger partial charge < -0.3 is 20.0 Å². The molecule has 2 amide bonds. The molecule has 1 aliphatic heterocycles. The van der Waals surface area contributed by atoms with Crippen LogP contribution in [0.1, 0.15) is 15.9 Å². The van der Waals surface area contributed by atoms with Crippen LogP contribution in [0.5, 0.6) is 5.75 Å². The minimum Gasteiger partial charge on any atom is -0.371 e. The topological polar surface area (TPSA) is 90.9 Å². The van der Waals surface area contributed by atoms with E-state index in [-0.39, 0.29) is 18.4 Å². The highest BCUT2D eigenvalue weighted by Gasteiger charge is 2.29. The van der Waals surface area contributed by atoms with Crippen LogP contribution in [-0.2, 0) is 11.2 Å². The molecule has 0 atom stereocenters. The van der Waals surface area contributed by atoms with Crippen LogP contribution >= 0.6 is 0 Å². The third kappa shape index (κ3) is 4.04. The molecule has 1 N–H and O–H groups in total. The Morgan fingerprint density at radius 3 is 2.79 bits per heavy atom. The van der Waals surface area contributed by atoms with E-state index in [0.29, 0.717) is 29.2 Å². The zero-order valence-corrected chi connectivity index (χ0v) is 16.5. The van der Waals surface area contributed by atoms with Crippen LogP contribution in [0, 0.1) is 0 Å². The van der Waals surface area contributed by atoms with E-state index < -0.39 is 0 Å². The molecule has 9 heteroatoms. The standard InChI is InChI=1S/C19H24N6O3/c1-23(2)9-8-13-14(19(27)24(3)4)6-5-7-16(13)28-25-15-10-20-12-22-18(15)21-11-17(25)26/h5-7,10,12H,8-9,11H2,1-4H3,(H,20,21,22). The Kier molecular flexibility index (Phi) is 5.74. The number of anilines is 2. The first kappa shape index (κ1) is 19.6. The molecule has 0 aliphatic carbocycles. The van der Waals surface area contributed by atoms with Gasteiger partial charge in [0.15, 0.2) is 11.6 Å². The van der Waals surface area contributed by atoms with Crippen molar-refractivity contribution in [3.8, 4) is 5.75 Å². The molecule has 2 aromatic rings. The summed E-state index contributed by atoms with van der Waals surface area (Å²) in [5, 5.41) is 4.12. The zero-order chi connectivity index (χ0) is 20.3. The number of aromatic nitrogens is 2. The van der Waals surface area contributed by atoms with Crippen LogP contribution in [0.15, 0.2) is 30.7 Å². The fourth-order valence-electron chi connectivity index (χ4n) is 2.86. The fraction of sp³-hybridized carbons (Fsp3) is 0.368. The average molecular weight is 384 g/mol. The molecule has 3 rings (SSSR count). The summed E-state index contributed by atoms with van der Waals surface area (Å²) in [5.41, 5.74) is 1.73. The molecule has 1 aromatic carbocycles. The second kappa shape index (κ2) is 8.22. The van der Waals surface area contributed by atoms with Gasteiger partial charge in [-0.25, -0.2) is 9.97 Å².